The lowest BCUT2D eigenvalue weighted by Gasteiger charge is -1.97. The van der Waals surface area contributed by atoms with Crippen LogP contribution in [0.4, 0.5) is 5.69 Å². The summed E-state index contributed by atoms with van der Waals surface area (Å²) >= 11 is 0. The molecule has 0 N–H and O–H groups in total. The maximum Gasteiger partial charge on any atom is 0.343 e. The average molecular weight is 207 g/mol. The second kappa shape index (κ2) is 4.69. The number of nitro benzene ring substituents is 1. The molecular weight excluding hydrogens is 202 g/mol. The Morgan fingerprint density at radius 1 is 1.53 bits per heavy atom. The van der Waals surface area contributed by atoms with Crippen LogP contribution in [-0.4, -0.2) is 16.8 Å². The zero-order chi connectivity index (χ0) is 11.3. The molecule has 0 spiro atoms. The third-order valence-corrected chi connectivity index (χ3v) is 1.51. The number of non-ortho nitro benzene ring substituents is 1. The quantitative estimate of drug-likeness (QED) is 0.243. The van der Waals surface area contributed by atoms with E-state index in [0.717, 1.165) is 6.07 Å². The maximum atomic E-state index is 11.1. The van der Waals surface area contributed by atoms with E-state index in [4.69, 9.17) is 0 Å². The molecule has 1 aromatic rings. The maximum absolute atomic E-state index is 11.1. The minimum atomic E-state index is -0.845. The predicted molar refractivity (Wildman–Crippen MR) is 48.8 cm³/mol. The summed E-state index contributed by atoms with van der Waals surface area (Å²) in [6.45, 7) is 0. The van der Waals surface area contributed by atoms with Crippen molar-refractivity contribution in [1.82, 2.24) is 0 Å². The number of hydrogen-bond acceptors (Lipinski definition) is 5. The molecule has 0 aliphatic carbocycles. The highest BCUT2D eigenvalue weighted by Gasteiger charge is 2.11. The standard InChI is InChI=1S/C9H5NO5/c11-4-5-15-9(12)7-2-1-3-8(6-7)10(13)14/h1-3,5-6H. The second-order valence-corrected chi connectivity index (χ2v) is 2.45. The topological polar surface area (TPSA) is 86.5 Å². The van der Waals surface area contributed by atoms with Gasteiger partial charge in [0, 0.05) is 12.1 Å². The lowest BCUT2D eigenvalue weighted by molar-refractivity contribution is -0.384. The number of carbonyl (C=O) groups excluding carboxylic acids is 2. The Kier molecular flexibility index (Phi) is 3.32. The van der Waals surface area contributed by atoms with Crippen LogP contribution in [0.25, 0.3) is 0 Å². The van der Waals surface area contributed by atoms with Gasteiger partial charge in [0.15, 0.2) is 12.2 Å². The van der Waals surface area contributed by atoms with E-state index in [2.05, 4.69) is 4.74 Å². The third kappa shape index (κ3) is 2.75. The van der Waals surface area contributed by atoms with Crippen LogP contribution in [0.1, 0.15) is 10.4 Å². The predicted octanol–water partition coefficient (Wildman–Crippen LogP) is 1.10. The summed E-state index contributed by atoms with van der Waals surface area (Å²) in [5.41, 5.74) is -0.227. The number of esters is 1. The number of carbonyl (C=O) groups is 1. The van der Waals surface area contributed by atoms with Gasteiger partial charge in [0.05, 0.1) is 10.5 Å². The lowest BCUT2D eigenvalue weighted by Crippen LogP contribution is -2.01. The Morgan fingerprint density at radius 2 is 2.27 bits per heavy atom. The number of nitro groups is 1. The Hall–Kier alpha value is -2.46. The van der Waals surface area contributed by atoms with Crippen LogP contribution in [0.2, 0.25) is 0 Å². The molecule has 0 saturated heterocycles. The number of rotatable bonds is 3. The molecule has 0 aromatic heterocycles. The fourth-order valence-electron chi connectivity index (χ4n) is 0.892. The van der Waals surface area contributed by atoms with E-state index in [1.54, 1.807) is 0 Å². The smallest absolute Gasteiger partial charge is 0.343 e. The highest BCUT2D eigenvalue weighted by Crippen LogP contribution is 2.13. The van der Waals surface area contributed by atoms with Crippen molar-refractivity contribution in [3.05, 3.63) is 46.2 Å². The first-order valence-electron chi connectivity index (χ1n) is 3.80. The zero-order valence-electron chi connectivity index (χ0n) is 7.38. The first kappa shape index (κ1) is 10.6. The first-order chi connectivity index (χ1) is 7.15. The van der Waals surface area contributed by atoms with Crippen molar-refractivity contribution in [2.45, 2.75) is 0 Å². The molecule has 0 bridgehead atoms. The van der Waals surface area contributed by atoms with E-state index < -0.39 is 10.9 Å². The third-order valence-electron chi connectivity index (χ3n) is 1.51. The van der Waals surface area contributed by atoms with E-state index in [0.29, 0.717) is 6.26 Å². The molecule has 0 atom stereocenters. The number of benzene rings is 1. The Labute approximate surface area is 83.9 Å². The molecular formula is C9H5NO5. The largest absolute Gasteiger partial charge is 0.419 e. The average Bonchev–Trinajstić information content (AvgIpc) is 2.26. The highest BCUT2D eigenvalue weighted by molar-refractivity contribution is 5.90. The monoisotopic (exact) mass is 207 g/mol. The Morgan fingerprint density at radius 3 is 2.87 bits per heavy atom. The van der Waals surface area contributed by atoms with Crippen LogP contribution in [-0.2, 0) is 9.53 Å². The Balaban J connectivity index is 2.94. The summed E-state index contributed by atoms with van der Waals surface area (Å²) in [7, 11) is 0. The fourth-order valence-corrected chi connectivity index (χ4v) is 0.892. The number of ether oxygens (including phenoxy) is 1. The van der Waals surface area contributed by atoms with Gasteiger partial charge in [0.2, 0.25) is 0 Å². The molecule has 0 aliphatic rings. The fraction of sp³-hybridized carbons (Fsp3) is 0. The van der Waals surface area contributed by atoms with Crippen LogP contribution < -0.4 is 0 Å². The summed E-state index contributed by atoms with van der Waals surface area (Å²) in [6.07, 6.45) is 0.543. The zero-order valence-corrected chi connectivity index (χ0v) is 7.38. The van der Waals surface area contributed by atoms with Crippen molar-refractivity contribution in [2.24, 2.45) is 0 Å². The summed E-state index contributed by atoms with van der Waals surface area (Å²) in [6, 6.07) is 4.99. The van der Waals surface area contributed by atoms with E-state index in [1.165, 1.54) is 24.1 Å². The molecule has 0 saturated carbocycles. The molecule has 0 amide bonds. The van der Waals surface area contributed by atoms with Crippen molar-refractivity contribution < 1.29 is 19.2 Å². The van der Waals surface area contributed by atoms with Crippen LogP contribution >= 0.6 is 0 Å². The van der Waals surface area contributed by atoms with Crippen molar-refractivity contribution >= 4 is 17.6 Å². The Bertz CT molecular complexity index is 448. The molecule has 1 rings (SSSR count). The number of nitrogens with zero attached hydrogens (tertiary/aromatic N) is 1. The van der Waals surface area contributed by atoms with Gasteiger partial charge in [-0.3, -0.25) is 10.1 Å². The van der Waals surface area contributed by atoms with Gasteiger partial charge < -0.3 is 4.74 Å². The summed E-state index contributed by atoms with van der Waals surface area (Å²) < 4.78 is 4.30. The van der Waals surface area contributed by atoms with Crippen LogP contribution in [0.3, 0.4) is 0 Å². The van der Waals surface area contributed by atoms with Crippen molar-refractivity contribution in [3.8, 4) is 0 Å². The van der Waals surface area contributed by atoms with Gasteiger partial charge >= 0.3 is 5.97 Å². The minimum Gasteiger partial charge on any atom is -0.419 e. The minimum absolute atomic E-state index is 0.00398. The summed E-state index contributed by atoms with van der Waals surface area (Å²) in [4.78, 5) is 30.6. The molecule has 0 fully saturated rings. The van der Waals surface area contributed by atoms with E-state index in [-0.39, 0.29) is 11.3 Å². The van der Waals surface area contributed by atoms with Gasteiger partial charge in [-0.05, 0) is 6.07 Å². The van der Waals surface area contributed by atoms with Gasteiger partial charge in [-0.1, -0.05) is 6.07 Å². The van der Waals surface area contributed by atoms with Crippen molar-refractivity contribution in [1.29, 1.82) is 0 Å². The van der Waals surface area contributed by atoms with Crippen molar-refractivity contribution in [2.75, 3.05) is 0 Å². The molecule has 0 aliphatic heterocycles. The molecule has 6 heteroatoms. The van der Waals surface area contributed by atoms with Crippen molar-refractivity contribution in [3.63, 3.8) is 0 Å². The number of hydrogen-bond donors (Lipinski definition) is 0. The van der Waals surface area contributed by atoms with Gasteiger partial charge in [-0.25, -0.2) is 9.59 Å². The van der Waals surface area contributed by atoms with Gasteiger partial charge in [-0.15, -0.1) is 0 Å². The second-order valence-electron chi connectivity index (χ2n) is 2.45. The van der Waals surface area contributed by atoms with E-state index in [1.807, 2.05) is 0 Å². The molecule has 0 heterocycles. The molecule has 0 radical (unpaired) electrons. The van der Waals surface area contributed by atoms with Gasteiger partial charge in [-0.2, -0.15) is 0 Å². The van der Waals surface area contributed by atoms with E-state index >= 15 is 0 Å². The molecule has 0 unspecified atom stereocenters. The van der Waals surface area contributed by atoms with Crippen LogP contribution in [0.5, 0.6) is 0 Å². The molecule has 6 nitrogen and oxygen atoms in total. The van der Waals surface area contributed by atoms with E-state index in [9.17, 15) is 19.7 Å². The SMILES string of the molecule is O=C=COC(=O)c1cccc([N+](=O)[O-])c1. The summed E-state index contributed by atoms with van der Waals surface area (Å²) in [5.74, 6) is 0.408. The molecule has 76 valence electrons. The van der Waals surface area contributed by atoms with Gasteiger partial charge in [0.1, 0.15) is 0 Å². The van der Waals surface area contributed by atoms with Crippen LogP contribution in [0.15, 0.2) is 30.5 Å². The van der Waals surface area contributed by atoms with Crippen LogP contribution in [0, 0.1) is 10.1 Å². The lowest BCUT2D eigenvalue weighted by atomic mass is 10.2. The first-order valence-corrected chi connectivity index (χ1v) is 3.80. The molecule has 1 aromatic carbocycles. The summed E-state index contributed by atoms with van der Waals surface area (Å²) in [5, 5.41) is 10.4. The highest BCUT2D eigenvalue weighted by atomic mass is 16.6. The molecule has 15 heavy (non-hydrogen) atoms. The normalized spacial score (nSPS) is 8.80. The van der Waals surface area contributed by atoms with Gasteiger partial charge in [0.25, 0.3) is 5.69 Å².